The maximum absolute atomic E-state index is 5.92. The van der Waals surface area contributed by atoms with E-state index in [9.17, 15) is 0 Å². The molecule has 3 heterocycles. The van der Waals surface area contributed by atoms with Gasteiger partial charge in [0.25, 0.3) is 0 Å². The summed E-state index contributed by atoms with van der Waals surface area (Å²) in [7, 11) is 0.908. The van der Waals surface area contributed by atoms with Gasteiger partial charge >= 0.3 is 0 Å². The summed E-state index contributed by atoms with van der Waals surface area (Å²) in [5.74, 6) is 1.61. The van der Waals surface area contributed by atoms with Crippen molar-refractivity contribution in [2.45, 2.75) is 52.3 Å². The molecule has 0 amide bonds. The number of nitrogens with zero attached hydrogens (tertiary/aromatic N) is 6. The lowest BCUT2D eigenvalue weighted by atomic mass is 10.0. The van der Waals surface area contributed by atoms with Crippen molar-refractivity contribution in [1.29, 1.82) is 0 Å². The molecule has 1 aromatic carbocycles. The molecule has 4 rings (SSSR count). The van der Waals surface area contributed by atoms with Crippen molar-refractivity contribution in [2.24, 2.45) is 0 Å². The molecule has 0 radical (unpaired) electrons. The van der Waals surface area contributed by atoms with E-state index < -0.39 is 8.07 Å². The van der Waals surface area contributed by atoms with E-state index in [2.05, 4.69) is 89.5 Å². The third kappa shape index (κ3) is 5.74. The number of hydrogen-bond acceptors (Lipinski definition) is 7. The average molecular weight is 504 g/mol. The number of aryl methyl sites for hydroxylation is 1. The van der Waals surface area contributed by atoms with E-state index in [1.165, 1.54) is 0 Å². The maximum atomic E-state index is 5.92. The Hall–Kier alpha value is -3.30. The number of nitrogens with one attached hydrogen (secondary N) is 1. The van der Waals surface area contributed by atoms with Gasteiger partial charge in [-0.2, -0.15) is 0 Å². The summed E-state index contributed by atoms with van der Waals surface area (Å²) >= 11 is 0. The van der Waals surface area contributed by atoms with E-state index in [1.807, 2.05) is 17.7 Å². The molecular weight excluding hydrogens is 466 g/mol. The van der Waals surface area contributed by atoms with Gasteiger partial charge in [0.05, 0.1) is 17.9 Å². The van der Waals surface area contributed by atoms with Crippen molar-refractivity contribution in [1.82, 2.24) is 24.5 Å². The minimum Gasteiger partial charge on any atom is -0.361 e. The van der Waals surface area contributed by atoms with Gasteiger partial charge in [-0.15, -0.1) is 6.58 Å². The number of ether oxygens (including phenoxy) is 1. The van der Waals surface area contributed by atoms with Gasteiger partial charge in [0, 0.05) is 39.2 Å². The first-order valence-electron chi connectivity index (χ1n) is 12.4. The highest BCUT2D eigenvalue weighted by molar-refractivity contribution is 6.76. The van der Waals surface area contributed by atoms with Crippen LogP contribution in [0.15, 0.2) is 49.6 Å². The predicted octanol–water partition coefficient (Wildman–Crippen LogP) is 5.79. The smallest absolute Gasteiger partial charge is 0.167 e. The van der Waals surface area contributed by atoms with E-state index in [0.717, 1.165) is 51.7 Å². The van der Waals surface area contributed by atoms with Crippen molar-refractivity contribution in [3.05, 3.63) is 60.7 Å². The first kappa shape index (κ1) is 25.8. The Labute approximate surface area is 214 Å². The quantitative estimate of drug-likeness (QED) is 0.158. The summed E-state index contributed by atoms with van der Waals surface area (Å²) in [6.45, 7) is 17.0. The van der Waals surface area contributed by atoms with Crippen LogP contribution in [0.25, 0.3) is 22.1 Å². The molecule has 0 fully saturated rings. The Morgan fingerprint density at radius 1 is 1.19 bits per heavy atom. The molecule has 1 N–H and O–H groups in total. The SMILES string of the molecule is C=CCN(C)c1nc2c(C)cccc2cc1C(C)Nc1ncnc2c1ncn2COCC[Si](C)(C)C. The van der Waals surface area contributed by atoms with Crippen molar-refractivity contribution < 1.29 is 4.74 Å². The first-order chi connectivity index (χ1) is 17.2. The standard InChI is InChI=1S/C27H37N7OSi/c1-8-12-33(4)26-22(15-21-11-9-10-19(2)23(21)32-26)20(3)31-25-24-27(29-16-28-25)34(17-30-24)18-35-13-14-36(5,6)7/h8-11,15-17,20H,1,12-14,18H2,2-7H3,(H,28,29,31). The van der Waals surface area contributed by atoms with Crippen molar-refractivity contribution in [2.75, 3.05) is 30.4 Å². The van der Waals surface area contributed by atoms with Crippen LogP contribution in [0.2, 0.25) is 25.7 Å². The minimum absolute atomic E-state index is 0.0686. The molecule has 9 heteroatoms. The molecule has 0 bridgehead atoms. The molecule has 0 aliphatic rings. The lowest BCUT2D eigenvalue weighted by molar-refractivity contribution is 0.0895. The van der Waals surface area contributed by atoms with Crippen LogP contribution in [0.4, 0.5) is 11.6 Å². The Bertz CT molecular complexity index is 1360. The van der Waals surface area contributed by atoms with E-state index >= 15 is 0 Å². The van der Waals surface area contributed by atoms with E-state index in [-0.39, 0.29) is 6.04 Å². The largest absolute Gasteiger partial charge is 0.361 e. The maximum Gasteiger partial charge on any atom is 0.167 e. The van der Waals surface area contributed by atoms with Crippen molar-refractivity contribution in [3.63, 3.8) is 0 Å². The van der Waals surface area contributed by atoms with Gasteiger partial charge < -0.3 is 15.0 Å². The zero-order valence-electron chi connectivity index (χ0n) is 22.2. The number of hydrogen-bond donors (Lipinski definition) is 1. The molecular formula is C27H37N7OSi. The van der Waals surface area contributed by atoms with Gasteiger partial charge in [0.1, 0.15) is 18.9 Å². The average Bonchev–Trinajstić information content (AvgIpc) is 3.25. The van der Waals surface area contributed by atoms with E-state index in [4.69, 9.17) is 9.72 Å². The molecule has 0 saturated carbocycles. The lowest BCUT2D eigenvalue weighted by Gasteiger charge is -2.25. The van der Waals surface area contributed by atoms with Crippen LogP contribution >= 0.6 is 0 Å². The van der Waals surface area contributed by atoms with Crippen LogP contribution in [0.1, 0.15) is 24.1 Å². The molecule has 0 spiro atoms. The fourth-order valence-electron chi connectivity index (χ4n) is 4.16. The Morgan fingerprint density at radius 3 is 2.75 bits per heavy atom. The number of likely N-dealkylation sites (N-methyl/N-ethyl adjacent to an activating group) is 1. The molecule has 0 aliphatic heterocycles. The van der Waals surface area contributed by atoms with Crippen LogP contribution in [-0.2, 0) is 11.5 Å². The number of anilines is 2. The molecule has 3 aromatic heterocycles. The monoisotopic (exact) mass is 503 g/mol. The van der Waals surface area contributed by atoms with Gasteiger partial charge in [-0.1, -0.05) is 43.9 Å². The topological polar surface area (TPSA) is 81.0 Å². The molecule has 8 nitrogen and oxygen atoms in total. The summed E-state index contributed by atoms with van der Waals surface area (Å²) < 4.78 is 7.85. The van der Waals surface area contributed by atoms with Crippen molar-refractivity contribution >= 4 is 41.8 Å². The highest BCUT2D eigenvalue weighted by atomic mass is 28.3. The predicted molar refractivity (Wildman–Crippen MR) is 151 cm³/mol. The van der Waals surface area contributed by atoms with Crippen molar-refractivity contribution in [3.8, 4) is 0 Å². The molecule has 0 aliphatic carbocycles. The zero-order chi connectivity index (χ0) is 25.9. The Balaban J connectivity index is 1.61. The summed E-state index contributed by atoms with van der Waals surface area (Å²) in [6, 6.07) is 9.54. The third-order valence-corrected chi connectivity index (χ3v) is 7.97. The van der Waals surface area contributed by atoms with Gasteiger partial charge in [-0.3, -0.25) is 4.57 Å². The molecule has 36 heavy (non-hydrogen) atoms. The number of aromatic nitrogens is 5. The van der Waals surface area contributed by atoms with Crippen LogP contribution in [-0.4, -0.2) is 52.8 Å². The fraction of sp³-hybridized carbons (Fsp3) is 0.407. The number of imidazole rings is 1. The fourth-order valence-corrected chi connectivity index (χ4v) is 4.92. The number of fused-ring (bicyclic) bond motifs is 2. The number of para-hydroxylation sites is 1. The van der Waals surface area contributed by atoms with Crippen LogP contribution in [0, 0.1) is 6.92 Å². The van der Waals surface area contributed by atoms with Crippen LogP contribution in [0.3, 0.4) is 0 Å². The van der Waals surface area contributed by atoms with Crippen LogP contribution in [0.5, 0.6) is 0 Å². The second-order valence-corrected chi connectivity index (χ2v) is 16.2. The first-order valence-corrected chi connectivity index (χ1v) is 16.1. The Morgan fingerprint density at radius 2 is 2.00 bits per heavy atom. The molecule has 1 unspecified atom stereocenters. The minimum atomic E-state index is -1.13. The highest BCUT2D eigenvalue weighted by Gasteiger charge is 2.20. The summed E-state index contributed by atoms with van der Waals surface area (Å²) in [4.78, 5) is 20.8. The second-order valence-electron chi connectivity index (χ2n) is 10.5. The molecule has 4 aromatic rings. The van der Waals surface area contributed by atoms with Gasteiger partial charge in [0.2, 0.25) is 0 Å². The van der Waals surface area contributed by atoms with Gasteiger partial charge in [0.15, 0.2) is 17.0 Å². The third-order valence-electron chi connectivity index (χ3n) is 6.27. The number of benzene rings is 1. The van der Waals surface area contributed by atoms with E-state index in [0.29, 0.717) is 19.1 Å². The number of rotatable bonds is 11. The highest BCUT2D eigenvalue weighted by Crippen LogP contribution is 2.32. The lowest BCUT2D eigenvalue weighted by Crippen LogP contribution is -2.22. The van der Waals surface area contributed by atoms with Gasteiger partial charge in [-0.05, 0) is 31.5 Å². The number of pyridine rings is 1. The Kier molecular flexibility index (Phi) is 7.70. The summed E-state index contributed by atoms with van der Waals surface area (Å²) in [5, 5.41) is 4.68. The second kappa shape index (κ2) is 10.8. The zero-order valence-corrected chi connectivity index (χ0v) is 23.2. The summed E-state index contributed by atoms with van der Waals surface area (Å²) in [5.41, 5.74) is 4.73. The summed E-state index contributed by atoms with van der Waals surface area (Å²) in [6.07, 6.45) is 5.23. The van der Waals surface area contributed by atoms with E-state index in [1.54, 1.807) is 12.7 Å². The van der Waals surface area contributed by atoms with Crippen LogP contribution < -0.4 is 10.2 Å². The molecule has 1 atom stereocenters. The van der Waals surface area contributed by atoms with Gasteiger partial charge in [-0.25, -0.2) is 19.9 Å². The molecule has 0 saturated heterocycles. The molecule has 190 valence electrons. The normalized spacial score (nSPS) is 12.7.